The van der Waals surface area contributed by atoms with Gasteiger partial charge in [-0.15, -0.1) is 0 Å². The van der Waals surface area contributed by atoms with Gasteiger partial charge in [0, 0.05) is 11.3 Å². The first-order valence-electron chi connectivity index (χ1n) is 6.57. The lowest BCUT2D eigenvalue weighted by Gasteiger charge is -2.05. The van der Waals surface area contributed by atoms with Crippen molar-refractivity contribution >= 4 is 33.4 Å². The van der Waals surface area contributed by atoms with Gasteiger partial charge in [-0.1, -0.05) is 24.3 Å². The lowest BCUT2D eigenvalue weighted by atomic mass is 10.1. The van der Waals surface area contributed by atoms with E-state index in [-0.39, 0.29) is 12.3 Å². The minimum absolute atomic E-state index is 0.118. The van der Waals surface area contributed by atoms with E-state index in [1.807, 2.05) is 24.3 Å². The van der Waals surface area contributed by atoms with E-state index in [0.29, 0.717) is 11.3 Å². The van der Waals surface area contributed by atoms with Crippen molar-refractivity contribution in [2.45, 2.75) is 6.54 Å². The molecule has 1 N–H and O–H groups in total. The van der Waals surface area contributed by atoms with Crippen LogP contribution in [0.25, 0.3) is 11.0 Å². The Morgan fingerprint density at radius 1 is 1.14 bits per heavy atom. The highest BCUT2D eigenvalue weighted by Crippen LogP contribution is 2.15. The number of benzene rings is 2. The highest BCUT2D eigenvalue weighted by atomic mass is 32.2. The number of hydrogen-bond donors (Lipinski definition) is 2. The highest BCUT2D eigenvalue weighted by molar-refractivity contribution is 7.73. The molecule has 0 saturated heterocycles. The van der Waals surface area contributed by atoms with Crippen molar-refractivity contribution in [2.24, 2.45) is 0 Å². The molecule has 1 aromatic heterocycles. The summed E-state index contributed by atoms with van der Waals surface area (Å²) in [4.78, 5) is 16.6. The van der Waals surface area contributed by atoms with Gasteiger partial charge < -0.3 is 4.57 Å². The summed E-state index contributed by atoms with van der Waals surface area (Å²) < 4.78 is 25.4. The molecule has 0 atom stereocenters. The summed E-state index contributed by atoms with van der Waals surface area (Å²) in [7, 11) is -2.75. The van der Waals surface area contributed by atoms with Crippen LogP contribution in [0.15, 0.2) is 54.9 Å². The fraction of sp³-hybridized carbons (Fsp3) is 0.0667. The molecule has 0 spiro atoms. The number of ketones is 1. The van der Waals surface area contributed by atoms with E-state index < -0.39 is 10.9 Å². The first-order valence-corrected chi connectivity index (χ1v) is 7.75. The van der Waals surface area contributed by atoms with Gasteiger partial charge in [0.2, 0.25) is 10.9 Å². The van der Waals surface area contributed by atoms with Crippen LogP contribution in [-0.2, 0) is 17.4 Å². The molecule has 0 aliphatic carbocycles. The molecule has 0 unspecified atom stereocenters. The van der Waals surface area contributed by atoms with E-state index in [1.165, 1.54) is 6.07 Å². The molecular weight excluding hydrogens is 302 g/mol. The summed E-state index contributed by atoms with van der Waals surface area (Å²) in [6.07, 6.45) is 1.62. The van der Waals surface area contributed by atoms with Crippen molar-refractivity contribution in [1.29, 1.82) is 0 Å². The SMILES string of the molecule is O=C(Cn1cnc2ccccc21)c1cccc(N[SH](=O)=O)c1. The molecule has 3 aromatic rings. The van der Waals surface area contributed by atoms with Gasteiger partial charge >= 0.3 is 0 Å². The van der Waals surface area contributed by atoms with Gasteiger partial charge in [-0.2, -0.15) is 0 Å². The van der Waals surface area contributed by atoms with E-state index in [4.69, 9.17) is 0 Å². The molecule has 0 aliphatic heterocycles. The molecule has 112 valence electrons. The maximum absolute atomic E-state index is 12.4. The predicted octanol–water partition coefficient (Wildman–Crippen LogP) is 1.86. The van der Waals surface area contributed by atoms with Gasteiger partial charge in [0.25, 0.3) is 0 Å². The van der Waals surface area contributed by atoms with Gasteiger partial charge in [0.15, 0.2) is 5.78 Å². The number of imidazole rings is 1. The third kappa shape index (κ3) is 2.99. The lowest BCUT2D eigenvalue weighted by molar-refractivity contribution is 0.0973. The van der Waals surface area contributed by atoms with Crippen LogP contribution in [0.3, 0.4) is 0 Å². The minimum Gasteiger partial charge on any atom is -0.323 e. The molecule has 7 heteroatoms. The Hall–Kier alpha value is -2.67. The van der Waals surface area contributed by atoms with E-state index >= 15 is 0 Å². The predicted molar refractivity (Wildman–Crippen MR) is 84.4 cm³/mol. The Bertz CT molecular complexity index is 907. The summed E-state index contributed by atoms with van der Waals surface area (Å²) in [5.74, 6) is -0.118. The second-order valence-electron chi connectivity index (χ2n) is 4.73. The summed E-state index contributed by atoms with van der Waals surface area (Å²) >= 11 is 0. The minimum atomic E-state index is -2.75. The van der Waals surface area contributed by atoms with Crippen molar-refractivity contribution < 1.29 is 13.2 Å². The van der Waals surface area contributed by atoms with E-state index in [2.05, 4.69) is 9.71 Å². The number of carbonyl (C=O) groups is 1. The number of Topliss-reactive ketones (excluding diaryl/α,β-unsaturated/α-hetero) is 1. The van der Waals surface area contributed by atoms with Crippen molar-refractivity contribution in [3.05, 3.63) is 60.4 Å². The van der Waals surface area contributed by atoms with E-state index in [1.54, 1.807) is 29.1 Å². The third-order valence-electron chi connectivity index (χ3n) is 3.25. The molecule has 22 heavy (non-hydrogen) atoms. The van der Waals surface area contributed by atoms with Gasteiger partial charge in [-0.3, -0.25) is 9.52 Å². The zero-order valence-corrected chi connectivity index (χ0v) is 12.4. The fourth-order valence-corrected chi connectivity index (χ4v) is 2.60. The molecule has 0 saturated carbocycles. The highest BCUT2D eigenvalue weighted by Gasteiger charge is 2.10. The Labute approximate surface area is 128 Å². The second-order valence-corrected chi connectivity index (χ2v) is 5.47. The normalized spacial score (nSPS) is 11.0. The average Bonchev–Trinajstić information content (AvgIpc) is 2.90. The van der Waals surface area contributed by atoms with E-state index in [0.717, 1.165) is 11.0 Å². The lowest BCUT2D eigenvalue weighted by Crippen LogP contribution is -2.10. The monoisotopic (exact) mass is 315 g/mol. The second kappa shape index (κ2) is 5.98. The number of carbonyl (C=O) groups excluding carboxylic acids is 1. The molecule has 0 fully saturated rings. The summed E-state index contributed by atoms with van der Waals surface area (Å²) in [5, 5.41) is 0. The summed E-state index contributed by atoms with van der Waals surface area (Å²) in [5.41, 5.74) is 2.53. The van der Waals surface area contributed by atoms with Crippen molar-refractivity contribution in [3.8, 4) is 0 Å². The van der Waals surface area contributed by atoms with Crippen LogP contribution in [-0.4, -0.2) is 23.8 Å². The maximum Gasteiger partial charge on any atom is 0.222 e. The van der Waals surface area contributed by atoms with Gasteiger partial charge in [-0.05, 0) is 24.3 Å². The molecule has 0 amide bonds. The number of nitrogens with zero attached hydrogens (tertiary/aromatic N) is 2. The van der Waals surface area contributed by atoms with Crippen LogP contribution in [0.5, 0.6) is 0 Å². The molecular formula is C15H13N3O3S. The first kappa shape index (κ1) is 14.3. The largest absolute Gasteiger partial charge is 0.323 e. The number of aromatic nitrogens is 2. The maximum atomic E-state index is 12.4. The Balaban J connectivity index is 1.85. The van der Waals surface area contributed by atoms with Crippen LogP contribution in [0.4, 0.5) is 5.69 Å². The number of para-hydroxylation sites is 2. The van der Waals surface area contributed by atoms with E-state index in [9.17, 15) is 13.2 Å². The van der Waals surface area contributed by atoms with Crippen LogP contribution in [0.1, 0.15) is 10.4 Å². The molecule has 1 heterocycles. The first-order chi connectivity index (χ1) is 10.6. The number of fused-ring (bicyclic) bond motifs is 1. The topological polar surface area (TPSA) is 81.1 Å². The van der Waals surface area contributed by atoms with Crippen molar-refractivity contribution in [3.63, 3.8) is 0 Å². The molecule has 2 aromatic carbocycles. The number of thiol groups is 1. The Morgan fingerprint density at radius 3 is 2.77 bits per heavy atom. The van der Waals surface area contributed by atoms with Crippen LogP contribution in [0.2, 0.25) is 0 Å². The number of nitrogens with one attached hydrogen (secondary N) is 1. The van der Waals surface area contributed by atoms with Crippen LogP contribution < -0.4 is 4.72 Å². The Morgan fingerprint density at radius 2 is 1.95 bits per heavy atom. The quantitative estimate of drug-likeness (QED) is 0.556. The smallest absolute Gasteiger partial charge is 0.222 e. The third-order valence-corrected chi connectivity index (χ3v) is 3.69. The fourth-order valence-electron chi connectivity index (χ4n) is 2.25. The van der Waals surface area contributed by atoms with Crippen molar-refractivity contribution in [1.82, 2.24) is 9.55 Å². The Kier molecular flexibility index (Phi) is 3.88. The zero-order valence-electron chi connectivity index (χ0n) is 11.5. The molecule has 3 rings (SSSR count). The number of hydrogen-bond acceptors (Lipinski definition) is 4. The average molecular weight is 315 g/mol. The molecule has 0 radical (unpaired) electrons. The van der Waals surface area contributed by atoms with Crippen LogP contribution >= 0.6 is 0 Å². The summed E-state index contributed by atoms with van der Waals surface area (Å²) in [6.45, 7) is 0.146. The molecule has 0 bridgehead atoms. The zero-order chi connectivity index (χ0) is 15.5. The molecule has 6 nitrogen and oxygen atoms in total. The standard InChI is InChI=1S/C15H13N3O3S/c19-15(11-4-3-5-12(8-11)17-22(20)21)9-18-10-16-13-6-1-2-7-14(13)18/h1-8,10,22H,9H2,(H,17,20,21). The van der Waals surface area contributed by atoms with Gasteiger partial charge in [0.1, 0.15) is 0 Å². The van der Waals surface area contributed by atoms with Crippen LogP contribution in [0, 0.1) is 0 Å². The van der Waals surface area contributed by atoms with Gasteiger partial charge in [0.05, 0.1) is 23.9 Å². The molecule has 0 aliphatic rings. The summed E-state index contributed by atoms with van der Waals surface area (Å²) in [6, 6.07) is 14.0. The van der Waals surface area contributed by atoms with Gasteiger partial charge in [-0.25, -0.2) is 13.4 Å². The number of anilines is 1. The van der Waals surface area contributed by atoms with Crippen molar-refractivity contribution in [2.75, 3.05) is 4.72 Å². The number of rotatable bonds is 5.